The Morgan fingerprint density at radius 2 is 1.72 bits per heavy atom. The first-order valence-electron chi connectivity index (χ1n) is 6.09. The van der Waals surface area contributed by atoms with E-state index in [1.165, 1.54) is 12.5 Å². The van der Waals surface area contributed by atoms with E-state index in [0.29, 0.717) is 12.0 Å². The van der Waals surface area contributed by atoms with Crippen molar-refractivity contribution in [3.8, 4) is 0 Å². The van der Waals surface area contributed by atoms with Crippen molar-refractivity contribution in [3.63, 3.8) is 0 Å². The third-order valence-electron chi connectivity index (χ3n) is 2.90. The lowest BCUT2D eigenvalue weighted by Crippen LogP contribution is -2.30. The van der Waals surface area contributed by atoms with Gasteiger partial charge in [-0.3, -0.25) is 4.79 Å². The summed E-state index contributed by atoms with van der Waals surface area (Å²) in [5.41, 5.74) is 2.07. The first kappa shape index (κ1) is 16.9. The van der Waals surface area contributed by atoms with E-state index >= 15 is 0 Å². The van der Waals surface area contributed by atoms with Gasteiger partial charge in [0.1, 0.15) is 0 Å². The maximum Gasteiger partial charge on any atom is 0.221 e. The van der Waals surface area contributed by atoms with Gasteiger partial charge in [-0.2, -0.15) is 0 Å². The number of nitrogens with one attached hydrogen (secondary N) is 2. The summed E-state index contributed by atoms with van der Waals surface area (Å²) < 4.78 is 0. The highest BCUT2D eigenvalue weighted by atomic mass is 35.5. The van der Waals surface area contributed by atoms with E-state index in [0.717, 1.165) is 12.2 Å². The van der Waals surface area contributed by atoms with Crippen LogP contribution in [0.15, 0.2) is 24.3 Å². The third-order valence-corrected chi connectivity index (χ3v) is 2.90. The van der Waals surface area contributed by atoms with E-state index in [1.54, 1.807) is 0 Å². The lowest BCUT2D eigenvalue weighted by Gasteiger charge is -2.17. The summed E-state index contributed by atoms with van der Waals surface area (Å²) in [7, 11) is 0. The molecule has 0 aromatic heterocycles. The number of carbonyl (C=O) groups excluding carboxylic acids is 1. The lowest BCUT2D eigenvalue weighted by molar-refractivity contribution is -0.114. The fourth-order valence-electron chi connectivity index (χ4n) is 1.42. The number of benzene rings is 1. The molecule has 2 N–H and O–H groups in total. The van der Waals surface area contributed by atoms with Gasteiger partial charge in [0, 0.05) is 25.2 Å². The predicted molar refractivity (Wildman–Crippen MR) is 79.1 cm³/mol. The van der Waals surface area contributed by atoms with Gasteiger partial charge in [0.15, 0.2) is 0 Å². The van der Waals surface area contributed by atoms with E-state index in [2.05, 4.69) is 31.4 Å². The molecule has 0 aliphatic rings. The molecule has 0 aliphatic heterocycles. The van der Waals surface area contributed by atoms with E-state index < -0.39 is 0 Å². The van der Waals surface area contributed by atoms with E-state index in [-0.39, 0.29) is 18.3 Å². The van der Waals surface area contributed by atoms with Crippen molar-refractivity contribution < 1.29 is 4.79 Å². The largest absolute Gasteiger partial charge is 0.326 e. The van der Waals surface area contributed by atoms with Crippen molar-refractivity contribution in [3.05, 3.63) is 29.8 Å². The molecule has 0 radical (unpaired) electrons. The van der Waals surface area contributed by atoms with E-state index in [1.807, 2.05) is 24.3 Å². The van der Waals surface area contributed by atoms with Crippen molar-refractivity contribution in [1.29, 1.82) is 0 Å². The predicted octanol–water partition coefficient (Wildman–Crippen LogP) is 3.20. The van der Waals surface area contributed by atoms with Crippen LogP contribution in [0, 0.1) is 5.92 Å². The summed E-state index contributed by atoms with van der Waals surface area (Å²) in [5.74, 6) is 0.595. The normalized spacial score (nSPS) is 11.8. The minimum Gasteiger partial charge on any atom is -0.326 e. The fourth-order valence-corrected chi connectivity index (χ4v) is 1.42. The highest BCUT2D eigenvalue weighted by molar-refractivity contribution is 5.88. The smallest absolute Gasteiger partial charge is 0.221 e. The molecule has 3 nitrogen and oxygen atoms in total. The molecule has 0 bridgehead atoms. The SMILES string of the molecule is CC(=O)Nc1ccc(CNC(C)C(C)C)cc1.Cl. The number of rotatable bonds is 5. The molecular formula is C14H23ClN2O. The molecule has 1 aromatic rings. The number of amides is 1. The van der Waals surface area contributed by atoms with Gasteiger partial charge in [-0.15, -0.1) is 12.4 Å². The molecule has 18 heavy (non-hydrogen) atoms. The van der Waals surface area contributed by atoms with Crippen LogP contribution in [0.5, 0.6) is 0 Å². The van der Waals surface area contributed by atoms with Gasteiger partial charge in [-0.05, 0) is 30.5 Å². The van der Waals surface area contributed by atoms with Crippen molar-refractivity contribution in [2.75, 3.05) is 5.32 Å². The Kier molecular flexibility index (Phi) is 7.64. The Morgan fingerprint density at radius 3 is 2.17 bits per heavy atom. The Hall–Kier alpha value is -1.06. The van der Waals surface area contributed by atoms with E-state index in [4.69, 9.17) is 0 Å². The number of carbonyl (C=O) groups is 1. The van der Waals surface area contributed by atoms with E-state index in [9.17, 15) is 4.79 Å². The van der Waals surface area contributed by atoms with Crippen LogP contribution in [-0.4, -0.2) is 11.9 Å². The Labute approximate surface area is 116 Å². The monoisotopic (exact) mass is 270 g/mol. The van der Waals surface area contributed by atoms with Crippen molar-refractivity contribution in [2.24, 2.45) is 5.92 Å². The minimum absolute atomic E-state index is 0. The summed E-state index contributed by atoms with van der Waals surface area (Å²) >= 11 is 0. The average molecular weight is 271 g/mol. The van der Waals surface area contributed by atoms with Crippen LogP contribution in [0.4, 0.5) is 5.69 Å². The topological polar surface area (TPSA) is 41.1 Å². The van der Waals surface area contributed by atoms with Crippen LogP contribution in [0.1, 0.15) is 33.3 Å². The molecule has 1 amide bonds. The molecule has 0 saturated heterocycles. The van der Waals surface area contributed by atoms with Crippen molar-refractivity contribution in [1.82, 2.24) is 5.32 Å². The van der Waals surface area contributed by atoms with Crippen LogP contribution >= 0.6 is 12.4 Å². The molecule has 0 spiro atoms. The Morgan fingerprint density at radius 1 is 1.17 bits per heavy atom. The molecular weight excluding hydrogens is 248 g/mol. The van der Waals surface area contributed by atoms with Gasteiger partial charge in [0.2, 0.25) is 5.91 Å². The zero-order valence-electron chi connectivity index (χ0n) is 11.5. The molecule has 0 aliphatic carbocycles. The number of hydrogen-bond acceptors (Lipinski definition) is 2. The molecule has 102 valence electrons. The van der Waals surface area contributed by atoms with Gasteiger partial charge >= 0.3 is 0 Å². The fraction of sp³-hybridized carbons (Fsp3) is 0.500. The maximum absolute atomic E-state index is 10.9. The van der Waals surface area contributed by atoms with Gasteiger partial charge in [0.25, 0.3) is 0 Å². The van der Waals surface area contributed by atoms with Gasteiger partial charge in [-0.25, -0.2) is 0 Å². The van der Waals surface area contributed by atoms with Crippen LogP contribution in [0.2, 0.25) is 0 Å². The van der Waals surface area contributed by atoms with Crippen LogP contribution < -0.4 is 10.6 Å². The molecule has 1 aromatic carbocycles. The summed E-state index contributed by atoms with van der Waals surface area (Å²) in [5, 5.41) is 6.23. The zero-order valence-corrected chi connectivity index (χ0v) is 12.3. The number of hydrogen-bond donors (Lipinski definition) is 2. The molecule has 1 rings (SSSR count). The van der Waals surface area contributed by atoms with Crippen molar-refractivity contribution >= 4 is 24.0 Å². The highest BCUT2D eigenvalue weighted by Gasteiger charge is 2.05. The first-order chi connectivity index (χ1) is 7.99. The van der Waals surface area contributed by atoms with Crippen molar-refractivity contribution in [2.45, 2.75) is 40.3 Å². The molecule has 0 fully saturated rings. The second kappa shape index (κ2) is 8.11. The van der Waals surface area contributed by atoms with Crippen LogP contribution in [-0.2, 0) is 11.3 Å². The molecule has 0 saturated carbocycles. The standard InChI is InChI=1S/C14H22N2O.ClH/c1-10(2)11(3)15-9-13-5-7-14(8-6-13)16-12(4)17;/h5-8,10-11,15H,9H2,1-4H3,(H,16,17);1H. The summed E-state index contributed by atoms with van der Waals surface area (Å²) in [4.78, 5) is 10.9. The summed E-state index contributed by atoms with van der Waals surface area (Å²) in [6.45, 7) is 8.98. The Bertz CT molecular complexity index is 363. The van der Waals surface area contributed by atoms with Crippen LogP contribution in [0.3, 0.4) is 0 Å². The van der Waals surface area contributed by atoms with Gasteiger partial charge < -0.3 is 10.6 Å². The quantitative estimate of drug-likeness (QED) is 0.863. The van der Waals surface area contributed by atoms with Crippen LogP contribution in [0.25, 0.3) is 0 Å². The third kappa shape index (κ3) is 6.03. The summed E-state index contributed by atoms with van der Waals surface area (Å²) in [6.07, 6.45) is 0. The highest BCUT2D eigenvalue weighted by Crippen LogP contribution is 2.10. The number of halogens is 1. The lowest BCUT2D eigenvalue weighted by atomic mass is 10.1. The molecule has 4 heteroatoms. The van der Waals surface area contributed by atoms with Gasteiger partial charge in [-0.1, -0.05) is 26.0 Å². The second-order valence-electron chi connectivity index (χ2n) is 4.79. The average Bonchev–Trinajstić information content (AvgIpc) is 2.26. The number of anilines is 1. The maximum atomic E-state index is 10.9. The molecule has 1 unspecified atom stereocenters. The summed E-state index contributed by atoms with van der Waals surface area (Å²) in [6, 6.07) is 8.43. The Balaban J connectivity index is 0.00000289. The molecule has 1 atom stereocenters. The first-order valence-corrected chi connectivity index (χ1v) is 6.09. The minimum atomic E-state index is -0.0377. The molecule has 0 heterocycles. The van der Waals surface area contributed by atoms with Gasteiger partial charge in [0.05, 0.1) is 0 Å². The second-order valence-corrected chi connectivity index (χ2v) is 4.79. The zero-order chi connectivity index (χ0) is 12.8.